The molecule has 0 unspecified atom stereocenters. The second-order valence-corrected chi connectivity index (χ2v) is 9.39. The number of esters is 2. The summed E-state index contributed by atoms with van der Waals surface area (Å²) >= 11 is 1.04. The van der Waals surface area contributed by atoms with Gasteiger partial charge >= 0.3 is 11.9 Å². The van der Waals surface area contributed by atoms with E-state index in [1.54, 1.807) is 26.1 Å². The molecular weight excluding hydrogens is 516 g/mol. The van der Waals surface area contributed by atoms with Gasteiger partial charge in [0, 0.05) is 50.9 Å². The van der Waals surface area contributed by atoms with Crippen LogP contribution < -0.4 is 20.4 Å². The molecule has 0 spiro atoms. The number of carbonyl (C=O) groups excluding carboxylic acids is 3. The Hall–Kier alpha value is -4.66. The van der Waals surface area contributed by atoms with Crippen LogP contribution in [0.5, 0.6) is 5.88 Å². The number of pyridine rings is 2. The smallest absolute Gasteiger partial charge is 0.351 e. The second kappa shape index (κ2) is 9.66. The van der Waals surface area contributed by atoms with Crippen molar-refractivity contribution in [3.8, 4) is 11.0 Å². The minimum atomic E-state index is -1.06. The topological polar surface area (TPSA) is 163 Å². The summed E-state index contributed by atoms with van der Waals surface area (Å²) in [4.78, 5) is 60.5. The van der Waals surface area contributed by atoms with Crippen molar-refractivity contribution in [1.29, 1.82) is 0 Å². The first-order valence-electron chi connectivity index (χ1n) is 11.4. The predicted octanol–water partition coefficient (Wildman–Crippen LogP) is 1.07. The lowest BCUT2D eigenvalue weighted by Gasteiger charge is -2.39. The molecule has 1 aliphatic rings. The zero-order valence-corrected chi connectivity index (χ0v) is 21.6. The number of nitrogens with one attached hydrogen (secondary N) is 1. The van der Waals surface area contributed by atoms with Crippen molar-refractivity contribution in [2.24, 2.45) is 13.0 Å². The highest BCUT2D eigenvalue weighted by molar-refractivity contribution is 7.08. The van der Waals surface area contributed by atoms with Gasteiger partial charge < -0.3 is 19.7 Å². The van der Waals surface area contributed by atoms with Crippen molar-refractivity contribution in [2.75, 3.05) is 30.4 Å². The van der Waals surface area contributed by atoms with Crippen molar-refractivity contribution >= 4 is 52.0 Å². The van der Waals surface area contributed by atoms with E-state index in [1.807, 2.05) is 4.90 Å². The van der Waals surface area contributed by atoms with Crippen LogP contribution in [0.3, 0.4) is 0 Å². The molecule has 0 aromatic carbocycles. The molecule has 0 saturated carbocycles. The van der Waals surface area contributed by atoms with Crippen molar-refractivity contribution in [3.05, 3.63) is 46.0 Å². The first kappa shape index (κ1) is 25.0. The van der Waals surface area contributed by atoms with Crippen LogP contribution in [-0.4, -0.2) is 66.7 Å². The molecule has 196 valence electrons. The lowest BCUT2D eigenvalue weighted by molar-refractivity contribution is -0.135. The van der Waals surface area contributed by atoms with Gasteiger partial charge in [0.15, 0.2) is 11.5 Å². The van der Waals surface area contributed by atoms with Crippen molar-refractivity contribution < 1.29 is 23.9 Å². The van der Waals surface area contributed by atoms with Crippen molar-refractivity contribution in [1.82, 2.24) is 28.7 Å². The fourth-order valence-corrected chi connectivity index (χ4v) is 4.66. The summed E-state index contributed by atoms with van der Waals surface area (Å²) < 4.78 is 16.8. The standard InChI is InChI=1S/C23H22N8O6S/c1-11-5-16(30-7-13(8-30)21(34)26-15-6-17(36-4)29(3)28-15)27-20-18(11)19(33)14(22(35)37-12(2)32)9-31(20)23-24-10-25-38-23/h5-6,9-10,13H,7-8H2,1-4H3,(H,26,28,34). The molecule has 1 aliphatic heterocycles. The summed E-state index contributed by atoms with van der Waals surface area (Å²) in [7, 11) is 3.23. The van der Waals surface area contributed by atoms with E-state index in [0.29, 0.717) is 41.3 Å². The van der Waals surface area contributed by atoms with Gasteiger partial charge in [-0.1, -0.05) is 0 Å². The molecule has 4 aromatic rings. The lowest BCUT2D eigenvalue weighted by atomic mass is 9.98. The van der Waals surface area contributed by atoms with Gasteiger partial charge in [-0.2, -0.15) is 9.47 Å². The van der Waals surface area contributed by atoms with Crippen LogP contribution in [0.25, 0.3) is 16.2 Å². The number of aryl methyl sites for hydroxylation is 2. The van der Waals surface area contributed by atoms with Crippen LogP contribution in [0.1, 0.15) is 22.8 Å². The molecular formula is C23H22N8O6S. The molecule has 5 rings (SSSR count). The van der Waals surface area contributed by atoms with Crippen LogP contribution in [0.2, 0.25) is 0 Å². The van der Waals surface area contributed by atoms with E-state index in [1.165, 1.54) is 28.9 Å². The molecule has 1 amide bonds. The summed E-state index contributed by atoms with van der Waals surface area (Å²) in [5, 5.41) is 7.54. The molecule has 0 bridgehead atoms. The molecule has 4 aromatic heterocycles. The maximum Gasteiger partial charge on any atom is 0.351 e. The Bertz CT molecular complexity index is 1640. The van der Waals surface area contributed by atoms with Gasteiger partial charge in [-0.3, -0.25) is 19.0 Å². The maximum atomic E-state index is 13.2. The Morgan fingerprint density at radius 2 is 1.97 bits per heavy atom. The van der Waals surface area contributed by atoms with E-state index in [4.69, 9.17) is 4.74 Å². The van der Waals surface area contributed by atoms with E-state index in [-0.39, 0.29) is 28.4 Å². The Labute approximate surface area is 219 Å². The van der Waals surface area contributed by atoms with Gasteiger partial charge in [0.25, 0.3) is 0 Å². The van der Waals surface area contributed by atoms with E-state index in [2.05, 4.69) is 29.5 Å². The fraction of sp³-hybridized carbons (Fsp3) is 0.304. The van der Waals surface area contributed by atoms with Gasteiger partial charge in [-0.05, 0) is 18.6 Å². The monoisotopic (exact) mass is 538 g/mol. The number of rotatable bonds is 6. The van der Waals surface area contributed by atoms with E-state index in [9.17, 15) is 19.2 Å². The van der Waals surface area contributed by atoms with Crippen LogP contribution >= 0.6 is 11.5 Å². The summed E-state index contributed by atoms with van der Waals surface area (Å²) in [6.07, 6.45) is 2.59. The normalized spacial score (nSPS) is 13.3. The van der Waals surface area contributed by atoms with E-state index >= 15 is 0 Å². The largest absolute Gasteiger partial charge is 0.481 e. The number of nitrogens with zero attached hydrogens (tertiary/aromatic N) is 7. The predicted molar refractivity (Wildman–Crippen MR) is 136 cm³/mol. The lowest BCUT2D eigenvalue weighted by Crippen LogP contribution is -2.52. The molecule has 15 heteroatoms. The third-order valence-electron chi connectivity index (χ3n) is 6.03. The zero-order chi connectivity index (χ0) is 27.1. The molecule has 0 aliphatic carbocycles. The van der Waals surface area contributed by atoms with Gasteiger partial charge in [-0.25, -0.2) is 19.4 Å². The van der Waals surface area contributed by atoms with Crippen molar-refractivity contribution in [3.63, 3.8) is 0 Å². The quantitative estimate of drug-likeness (QED) is 0.276. The van der Waals surface area contributed by atoms with Gasteiger partial charge in [0.2, 0.25) is 22.3 Å². The molecule has 14 nitrogen and oxygen atoms in total. The zero-order valence-electron chi connectivity index (χ0n) is 20.8. The Morgan fingerprint density at radius 3 is 2.61 bits per heavy atom. The maximum absolute atomic E-state index is 13.2. The number of methoxy groups -OCH3 is 1. The summed E-state index contributed by atoms with van der Waals surface area (Å²) in [6.45, 7) is 3.60. The average Bonchev–Trinajstić information content (AvgIpc) is 3.47. The Morgan fingerprint density at radius 1 is 1.21 bits per heavy atom. The molecule has 38 heavy (non-hydrogen) atoms. The summed E-state index contributed by atoms with van der Waals surface area (Å²) in [6, 6.07) is 3.35. The summed E-state index contributed by atoms with van der Waals surface area (Å²) in [5.41, 5.74) is -0.128. The molecule has 1 N–H and O–H groups in total. The number of anilines is 2. The van der Waals surface area contributed by atoms with Crippen LogP contribution in [0.15, 0.2) is 29.5 Å². The molecule has 0 radical (unpaired) electrons. The molecule has 5 heterocycles. The van der Waals surface area contributed by atoms with Gasteiger partial charge in [-0.15, -0.1) is 0 Å². The van der Waals surface area contributed by atoms with Crippen LogP contribution in [-0.2, 0) is 21.4 Å². The highest BCUT2D eigenvalue weighted by atomic mass is 32.1. The highest BCUT2D eigenvalue weighted by Gasteiger charge is 2.35. The molecule has 1 fully saturated rings. The number of amides is 1. The third-order valence-corrected chi connectivity index (χ3v) is 6.69. The number of carbonyl (C=O) groups is 3. The Kier molecular flexibility index (Phi) is 6.36. The van der Waals surface area contributed by atoms with E-state index in [0.717, 1.165) is 18.5 Å². The van der Waals surface area contributed by atoms with Crippen molar-refractivity contribution in [2.45, 2.75) is 13.8 Å². The molecule has 0 atom stereocenters. The number of ether oxygens (including phenoxy) is 2. The van der Waals surface area contributed by atoms with Gasteiger partial charge in [0.05, 0.1) is 18.4 Å². The number of hydrogen-bond acceptors (Lipinski definition) is 12. The fourth-order valence-electron chi connectivity index (χ4n) is 4.15. The SMILES string of the molecule is COc1cc(NC(=O)C2CN(c3cc(C)c4c(=O)c(C(=O)OC(C)=O)cn(-c5ncns5)c4n3)C2)nn1C. The van der Waals surface area contributed by atoms with Gasteiger partial charge in [0.1, 0.15) is 17.7 Å². The molecule has 1 saturated heterocycles. The first-order valence-corrected chi connectivity index (χ1v) is 12.1. The number of hydrogen-bond donors (Lipinski definition) is 1. The van der Waals surface area contributed by atoms with Crippen LogP contribution in [0, 0.1) is 12.8 Å². The Balaban J connectivity index is 1.45. The number of fused-ring (bicyclic) bond motifs is 1. The van der Waals surface area contributed by atoms with E-state index < -0.39 is 17.4 Å². The third kappa shape index (κ3) is 4.47. The van der Waals surface area contributed by atoms with Crippen LogP contribution in [0.4, 0.5) is 11.6 Å². The average molecular weight is 539 g/mol. The first-order chi connectivity index (χ1) is 18.2. The minimum Gasteiger partial charge on any atom is -0.481 e. The minimum absolute atomic E-state index is 0.181. The summed E-state index contributed by atoms with van der Waals surface area (Å²) in [5.74, 6) is -0.906. The number of aromatic nitrogens is 6. The second-order valence-electron chi connectivity index (χ2n) is 8.63. The highest BCUT2D eigenvalue weighted by Crippen LogP contribution is 2.29.